The van der Waals surface area contributed by atoms with Crippen molar-refractivity contribution in [1.82, 2.24) is 14.5 Å². The molecule has 100 valence electrons. The van der Waals surface area contributed by atoms with E-state index in [1.165, 1.54) is 12.8 Å². The van der Waals surface area contributed by atoms with Gasteiger partial charge in [0, 0.05) is 5.92 Å². The number of fused-ring (bicyclic) bond motifs is 1. The number of halogens is 1. The highest BCUT2D eigenvalue weighted by atomic mass is 127. The van der Waals surface area contributed by atoms with E-state index in [9.17, 15) is 8.42 Å². The Morgan fingerprint density at radius 3 is 2.83 bits per heavy atom. The third kappa shape index (κ3) is 2.50. The summed E-state index contributed by atoms with van der Waals surface area (Å²) in [5.41, 5.74) is 1.10. The average molecular weight is 383 g/mol. The summed E-state index contributed by atoms with van der Waals surface area (Å²) in [6.07, 6.45) is 3.54. The molecule has 1 aromatic heterocycles. The molecular formula is C10H14IN3O3S. The van der Waals surface area contributed by atoms with Crippen LogP contribution in [-0.2, 0) is 16.6 Å². The molecule has 3 rings (SSSR count). The number of nitrogens with one attached hydrogen (secondary N) is 1. The molecule has 0 amide bonds. The number of aromatic nitrogens is 2. The van der Waals surface area contributed by atoms with Crippen molar-refractivity contribution in [3.8, 4) is 5.88 Å². The maximum absolute atomic E-state index is 11.2. The first-order chi connectivity index (χ1) is 8.44. The van der Waals surface area contributed by atoms with E-state index in [-0.39, 0.29) is 6.04 Å². The molecule has 1 N–H and O–H groups in total. The third-order valence-corrected chi connectivity index (χ3v) is 4.81. The zero-order chi connectivity index (χ0) is 12.9. The number of ether oxygens (including phenoxy) is 1. The summed E-state index contributed by atoms with van der Waals surface area (Å²) in [6.45, 7) is 0.893. The molecule has 1 unspecified atom stereocenters. The lowest BCUT2D eigenvalue weighted by Gasteiger charge is -2.24. The Balaban J connectivity index is 1.82. The van der Waals surface area contributed by atoms with E-state index in [1.807, 2.05) is 0 Å². The first-order valence-electron chi connectivity index (χ1n) is 5.80. The predicted octanol–water partition coefficient (Wildman–Crippen LogP) is 0.675. The number of rotatable bonds is 3. The van der Waals surface area contributed by atoms with Crippen LogP contribution in [0.2, 0.25) is 0 Å². The van der Waals surface area contributed by atoms with Gasteiger partial charge >= 0.3 is 0 Å². The van der Waals surface area contributed by atoms with Crippen LogP contribution in [0.15, 0.2) is 0 Å². The van der Waals surface area contributed by atoms with Crippen LogP contribution in [0.1, 0.15) is 24.5 Å². The first-order valence-corrected chi connectivity index (χ1v) is 8.77. The average Bonchev–Trinajstić information content (AvgIpc) is 3.03. The SMILES string of the molecule is CS(=O)(=O)NC1COc2c(I)c(C3CC3)nn2C1. The van der Waals surface area contributed by atoms with Gasteiger partial charge in [0.2, 0.25) is 15.9 Å². The van der Waals surface area contributed by atoms with Crippen LogP contribution in [0.4, 0.5) is 0 Å². The Bertz CT molecular complexity index is 579. The lowest BCUT2D eigenvalue weighted by molar-refractivity contribution is 0.195. The normalized spacial score (nSPS) is 23.6. The molecule has 1 saturated carbocycles. The van der Waals surface area contributed by atoms with Crippen molar-refractivity contribution in [3.63, 3.8) is 0 Å². The van der Waals surface area contributed by atoms with Crippen LogP contribution < -0.4 is 9.46 Å². The largest absolute Gasteiger partial charge is 0.475 e. The quantitative estimate of drug-likeness (QED) is 0.780. The Morgan fingerprint density at radius 2 is 2.22 bits per heavy atom. The highest BCUT2D eigenvalue weighted by Crippen LogP contribution is 2.44. The fourth-order valence-electron chi connectivity index (χ4n) is 2.14. The van der Waals surface area contributed by atoms with Gasteiger partial charge in [-0.2, -0.15) is 5.10 Å². The maximum atomic E-state index is 11.2. The van der Waals surface area contributed by atoms with E-state index in [4.69, 9.17) is 4.74 Å². The van der Waals surface area contributed by atoms with Crippen LogP contribution in [0.25, 0.3) is 0 Å². The highest BCUT2D eigenvalue weighted by Gasteiger charge is 2.34. The Morgan fingerprint density at radius 1 is 1.50 bits per heavy atom. The molecule has 0 spiro atoms. The van der Waals surface area contributed by atoms with E-state index in [2.05, 4.69) is 32.4 Å². The molecule has 0 bridgehead atoms. The van der Waals surface area contributed by atoms with E-state index in [0.717, 1.165) is 21.4 Å². The molecule has 8 heteroatoms. The Hall–Kier alpha value is -0.350. The van der Waals surface area contributed by atoms with Crippen LogP contribution in [0, 0.1) is 3.57 Å². The van der Waals surface area contributed by atoms with Gasteiger partial charge in [0.15, 0.2) is 0 Å². The molecule has 0 radical (unpaired) electrons. The molecule has 18 heavy (non-hydrogen) atoms. The molecule has 1 atom stereocenters. The summed E-state index contributed by atoms with van der Waals surface area (Å²) >= 11 is 2.26. The van der Waals surface area contributed by atoms with Crippen molar-refractivity contribution in [1.29, 1.82) is 0 Å². The molecule has 1 aliphatic heterocycles. The fourth-order valence-corrected chi connectivity index (χ4v) is 3.87. The topological polar surface area (TPSA) is 73.2 Å². The second-order valence-electron chi connectivity index (χ2n) is 4.86. The zero-order valence-electron chi connectivity index (χ0n) is 9.89. The summed E-state index contributed by atoms with van der Waals surface area (Å²) < 4.78 is 33.5. The summed E-state index contributed by atoms with van der Waals surface area (Å²) in [7, 11) is -3.21. The van der Waals surface area contributed by atoms with Crippen LogP contribution in [0.3, 0.4) is 0 Å². The van der Waals surface area contributed by atoms with Gasteiger partial charge < -0.3 is 4.74 Å². The monoisotopic (exact) mass is 383 g/mol. The van der Waals surface area contributed by atoms with Crippen molar-refractivity contribution in [3.05, 3.63) is 9.26 Å². The lowest BCUT2D eigenvalue weighted by atomic mass is 10.3. The lowest BCUT2D eigenvalue weighted by Crippen LogP contribution is -2.44. The molecule has 0 saturated heterocycles. The summed E-state index contributed by atoms with van der Waals surface area (Å²) in [5.74, 6) is 1.35. The van der Waals surface area contributed by atoms with E-state index >= 15 is 0 Å². The van der Waals surface area contributed by atoms with Gasteiger partial charge in [-0.1, -0.05) is 0 Å². The minimum atomic E-state index is -3.21. The first kappa shape index (κ1) is 12.7. The molecule has 2 heterocycles. The number of nitrogens with zero attached hydrogens (tertiary/aromatic N) is 2. The molecule has 1 aliphatic carbocycles. The summed E-state index contributed by atoms with van der Waals surface area (Å²) in [6, 6.07) is -0.241. The highest BCUT2D eigenvalue weighted by molar-refractivity contribution is 14.1. The van der Waals surface area contributed by atoms with E-state index in [1.54, 1.807) is 4.68 Å². The molecule has 0 aromatic carbocycles. The second-order valence-corrected chi connectivity index (χ2v) is 7.72. The molecule has 1 aromatic rings. The van der Waals surface area contributed by atoms with Gasteiger partial charge in [-0.3, -0.25) is 0 Å². The van der Waals surface area contributed by atoms with Gasteiger partial charge in [-0.25, -0.2) is 17.8 Å². The zero-order valence-corrected chi connectivity index (χ0v) is 12.9. The maximum Gasteiger partial charge on any atom is 0.226 e. The van der Waals surface area contributed by atoms with Crippen LogP contribution >= 0.6 is 22.6 Å². The van der Waals surface area contributed by atoms with E-state index < -0.39 is 10.0 Å². The van der Waals surface area contributed by atoms with Crippen molar-refractivity contribution < 1.29 is 13.2 Å². The summed E-state index contributed by atoms with van der Waals surface area (Å²) in [5, 5.41) is 4.54. The number of hydrogen-bond acceptors (Lipinski definition) is 4. The summed E-state index contributed by atoms with van der Waals surface area (Å²) in [4.78, 5) is 0. The molecule has 6 nitrogen and oxygen atoms in total. The molecule has 2 aliphatic rings. The van der Waals surface area contributed by atoms with Gasteiger partial charge in [0.25, 0.3) is 0 Å². The van der Waals surface area contributed by atoms with Crippen molar-refractivity contribution >= 4 is 32.6 Å². The van der Waals surface area contributed by atoms with E-state index in [0.29, 0.717) is 19.1 Å². The van der Waals surface area contributed by atoms with Gasteiger partial charge in [-0.05, 0) is 35.4 Å². The Kier molecular flexibility index (Phi) is 3.06. The smallest absolute Gasteiger partial charge is 0.226 e. The van der Waals surface area contributed by atoms with Crippen LogP contribution in [0.5, 0.6) is 5.88 Å². The predicted molar refractivity (Wildman–Crippen MR) is 74.2 cm³/mol. The number of sulfonamides is 1. The van der Waals surface area contributed by atoms with Crippen molar-refractivity contribution in [2.24, 2.45) is 0 Å². The van der Waals surface area contributed by atoms with Crippen molar-refractivity contribution in [2.45, 2.75) is 31.3 Å². The van der Waals surface area contributed by atoms with Gasteiger partial charge in [0.05, 0.1) is 28.1 Å². The van der Waals surface area contributed by atoms with Gasteiger partial charge in [0.1, 0.15) is 6.61 Å². The minimum Gasteiger partial charge on any atom is -0.475 e. The minimum absolute atomic E-state index is 0.241. The molecular weight excluding hydrogens is 369 g/mol. The second kappa shape index (κ2) is 4.34. The van der Waals surface area contributed by atoms with Gasteiger partial charge in [-0.15, -0.1) is 0 Å². The third-order valence-electron chi connectivity index (χ3n) is 3.03. The molecule has 1 fully saturated rings. The van der Waals surface area contributed by atoms with Crippen LogP contribution in [-0.4, -0.2) is 37.1 Å². The van der Waals surface area contributed by atoms with Crippen molar-refractivity contribution in [2.75, 3.05) is 12.9 Å². The Labute approximate surface area is 119 Å². The standard InChI is InChI=1S/C10H14IN3O3S/c1-18(15,16)13-7-4-14-10(17-5-7)8(11)9(12-14)6-2-3-6/h6-7,13H,2-5H2,1H3. The fraction of sp³-hybridized carbons (Fsp3) is 0.700. The number of hydrogen-bond donors (Lipinski definition) is 1.